The van der Waals surface area contributed by atoms with E-state index in [4.69, 9.17) is 16.3 Å². The van der Waals surface area contributed by atoms with Crippen molar-refractivity contribution in [2.24, 2.45) is 0 Å². The van der Waals surface area contributed by atoms with E-state index in [-0.39, 0.29) is 23.4 Å². The quantitative estimate of drug-likeness (QED) is 0.372. The average Bonchev–Trinajstić information content (AvgIpc) is 3.04. The zero-order valence-electron chi connectivity index (χ0n) is 16.5. The number of ketones is 1. The molecule has 1 atom stereocenters. The number of hydrogen-bond acceptors (Lipinski definition) is 6. The van der Waals surface area contributed by atoms with E-state index in [1.54, 1.807) is 61.1 Å². The Morgan fingerprint density at radius 1 is 1.13 bits per heavy atom. The van der Waals surface area contributed by atoms with Crippen LogP contribution in [-0.2, 0) is 16.1 Å². The highest BCUT2D eigenvalue weighted by atomic mass is 35.5. The zero-order valence-corrected chi connectivity index (χ0v) is 17.3. The smallest absolute Gasteiger partial charge is 0.296 e. The highest BCUT2D eigenvalue weighted by Gasteiger charge is 2.46. The molecule has 1 saturated heterocycles. The summed E-state index contributed by atoms with van der Waals surface area (Å²) in [5.74, 6) is -1.55. The summed E-state index contributed by atoms with van der Waals surface area (Å²) in [5, 5.41) is 11.5. The average molecular weight is 436 g/mol. The van der Waals surface area contributed by atoms with Crippen molar-refractivity contribution in [1.29, 1.82) is 0 Å². The third-order valence-corrected chi connectivity index (χ3v) is 5.27. The number of carbonyl (C=O) groups is 2. The number of pyridine rings is 2. The Kier molecular flexibility index (Phi) is 5.68. The Labute approximate surface area is 183 Å². The number of carbonyl (C=O) groups excluding carboxylic acids is 2. The van der Waals surface area contributed by atoms with Gasteiger partial charge in [0.15, 0.2) is 0 Å². The summed E-state index contributed by atoms with van der Waals surface area (Å²) < 4.78 is 5.32. The molecule has 7 nitrogen and oxygen atoms in total. The van der Waals surface area contributed by atoms with E-state index in [1.807, 2.05) is 0 Å². The van der Waals surface area contributed by atoms with Gasteiger partial charge in [0, 0.05) is 23.6 Å². The Balaban J connectivity index is 1.90. The molecule has 3 aromatic rings. The maximum atomic E-state index is 13.1. The summed E-state index contributed by atoms with van der Waals surface area (Å²) in [6.07, 6.45) is 4.75. The fourth-order valence-electron chi connectivity index (χ4n) is 3.61. The van der Waals surface area contributed by atoms with E-state index >= 15 is 0 Å². The molecule has 1 unspecified atom stereocenters. The number of benzene rings is 1. The fourth-order valence-corrected chi connectivity index (χ4v) is 3.78. The maximum Gasteiger partial charge on any atom is 0.296 e. The molecule has 1 N–H and O–H groups in total. The summed E-state index contributed by atoms with van der Waals surface area (Å²) in [4.78, 5) is 35.7. The van der Waals surface area contributed by atoms with Gasteiger partial charge in [-0.25, -0.2) is 0 Å². The van der Waals surface area contributed by atoms with Gasteiger partial charge >= 0.3 is 0 Å². The number of ether oxygens (including phenoxy) is 1. The van der Waals surface area contributed by atoms with Gasteiger partial charge in [-0.05, 0) is 48.0 Å². The second-order valence-electron chi connectivity index (χ2n) is 6.87. The lowest BCUT2D eigenvalue weighted by atomic mass is 9.95. The number of Topliss-reactive ketones (excluding diaryl/α,β-unsaturated/α-hetero) is 1. The fraction of sp³-hybridized carbons (Fsp3) is 0.130. The number of aliphatic hydroxyl groups excluding tert-OH is 1. The predicted octanol–water partition coefficient (Wildman–Crippen LogP) is 3.76. The lowest BCUT2D eigenvalue weighted by molar-refractivity contribution is -0.140. The van der Waals surface area contributed by atoms with E-state index in [0.717, 1.165) is 0 Å². The van der Waals surface area contributed by atoms with Crippen molar-refractivity contribution in [3.05, 3.63) is 94.5 Å². The van der Waals surface area contributed by atoms with Crippen molar-refractivity contribution in [3.8, 4) is 5.75 Å². The third kappa shape index (κ3) is 3.87. The minimum absolute atomic E-state index is 0.0484. The van der Waals surface area contributed by atoms with Crippen molar-refractivity contribution in [3.63, 3.8) is 0 Å². The molecule has 1 aromatic carbocycles. The van der Waals surface area contributed by atoms with Crippen LogP contribution >= 0.6 is 11.6 Å². The largest absolute Gasteiger partial charge is 0.507 e. The van der Waals surface area contributed by atoms with Gasteiger partial charge in [-0.2, -0.15) is 0 Å². The van der Waals surface area contributed by atoms with Crippen LogP contribution < -0.4 is 4.74 Å². The normalized spacial score (nSPS) is 17.7. The predicted molar refractivity (Wildman–Crippen MR) is 114 cm³/mol. The number of hydrogen-bond donors (Lipinski definition) is 1. The van der Waals surface area contributed by atoms with Crippen LogP contribution in [-0.4, -0.2) is 38.8 Å². The SMILES string of the molecule is COc1ccc(Cl)cc1/C(O)=C1\C(=O)C(=O)N(Cc2ccccn2)C1c1ccncc1. The topological polar surface area (TPSA) is 92.6 Å². The molecule has 2 aromatic heterocycles. The molecular formula is C23H18ClN3O4. The molecule has 1 aliphatic rings. The van der Waals surface area contributed by atoms with E-state index in [1.165, 1.54) is 18.1 Å². The highest BCUT2D eigenvalue weighted by Crippen LogP contribution is 2.41. The minimum Gasteiger partial charge on any atom is -0.507 e. The number of likely N-dealkylation sites (tertiary alicyclic amines) is 1. The second-order valence-corrected chi connectivity index (χ2v) is 7.31. The maximum absolute atomic E-state index is 13.1. The summed E-state index contributed by atoms with van der Waals surface area (Å²) in [5.41, 5.74) is 1.43. The van der Waals surface area contributed by atoms with Crippen LogP contribution in [0.25, 0.3) is 5.76 Å². The summed E-state index contributed by atoms with van der Waals surface area (Å²) >= 11 is 6.11. The van der Waals surface area contributed by atoms with Gasteiger partial charge in [0.25, 0.3) is 11.7 Å². The summed E-state index contributed by atoms with van der Waals surface area (Å²) in [7, 11) is 1.44. The molecular weight excluding hydrogens is 418 g/mol. The Morgan fingerprint density at radius 3 is 2.58 bits per heavy atom. The molecule has 0 saturated carbocycles. The molecule has 31 heavy (non-hydrogen) atoms. The lowest BCUT2D eigenvalue weighted by Gasteiger charge is -2.25. The van der Waals surface area contributed by atoms with Crippen molar-refractivity contribution in [2.45, 2.75) is 12.6 Å². The van der Waals surface area contributed by atoms with Crippen molar-refractivity contribution in [2.75, 3.05) is 7.11 Å². The molecule has 1 amide bonds. The number of amides is 1. The Morgan fingerprint density at radius 2 is 1.90 bits per heavy atom. The van der Waals surface area contributed by atoms with E-state index in [0.29, 0.717) is 22.0 Å². The van der Waals surface area contributed by atoms with Gasteiger partial charge in [-0.15, -0.1) is 0 Å². The number of aliphatic hydroxyl groups is 1. The third-order valence-electron chi connectivity index (χ3n) is 5.04. The molecule has 8 heteroatoms. The molecule has 0 bridgehead atoms. The number of nitrogens with zero attached hydrogens (tertiary/aromatic N) is 3. The highest BCUT2D eigenvalue weighted by molar-refractivity contribution is 6.46. The first-order chi connectivity index (χ1) is 15.0. The molecule has 3 heterocycles. The standard InChI is InChI=1S/C23H18ClN3O4/c1-31-18-6-5-15(24)12-17(18)21(28)19-20(14-7-10-25-11-8-14)27(23(30)22(19)29)13-16-4-2-3-9-26-16/h2-12,20,28H,13H2,1H3/b21-19+. The monoisotopic (exact) mass is 435 g/mol. The molecule has 0 spiro atoms. The van der Waals surface area contributed by atoms with Crippen LogP contribution in [0.3, 0.4) is 0 Å². The first kappa shape index (κ1) is 20.6. The van der Waals surface area contributed by atoms with E-state index in [2.05, 4.69) is 9.97 Å². The van der Waals surface area contributed by atoms with Gasteiger partial charge in [0.1, 0.15) is 11.5 Å². The van der Waals surface area contributed by atoms with Crippen LogP contribution in [0.5, 0.6) is 5.75 Å². The number of rotatable bonds is 5. The second kappa shape index (κ2) is 8.57. The number of aromatic nitrogens is 2. The van der Waals surface area contributed by atoms with Crippen molar-refractivity contribution >= 4 is 29.1 Å². The Hall–Kier alpha value is -3.71. The minimum atomic E-state index is -0.825. The number of halogens is 1. The van der Waals surface area contributed by atoms with Gasteiger partial charge in [-0.3, -0.25) is 19.6 Å². The van der Waals surface area contributed by atoms with Crippen LogP contribution in [0, 0.1) is 0 Å². The molecule has 1 aliphatic heterocycles. The van der Waals surface area contributed by atoms with Crippen molar-refractivity contribution < 1.29 is 19.4 Å². The molecule has 0 radical (unpaired) electrons. The van der Waals surface area contributed by atoms with Gasteiger partial charge in [-0.1, -0.05) is 17.7 Å². The van der Waals surface area contributed by atoms with Gasteiger partial charge in [0.2, 0.25) is 0 Å². The molecule has 4 rings (SSSR count). The first-order valence-electron chi connectivity index (χ1n) is 9.43. The molecule has 156 valence electrons. The van der Waals surface area contributed by atoms with Crippen LogP contribution in [0.1, 0.15) is 22.9 Å². The summed E-state index contributed by atoms with van der Waals surface area (Å²) in [6.45, 7) is 0.0991. The molecule has 1 fully saturated rings. The van der Waals surface area contributed by atoms with Crippen LogP contribution in [0.4, 0.5) is 0 Å². The van der Waals surface area contributed by atoms with Gasteiger partial charge in [0.05, 0.1) is 36.5 Å². The Bertz CT molecular complexity index is 1170. The summed E-state index contributed by atoms with van der Waals surface area (Å²) in [6, 6.07) is 12.6. The first-order valence-corrected chi connectivity index (χ1v) is 9.81. The zero-order chi connectivity index (χ0) is 22.0. The van der Waals surface area contributed by atoms with Gasteiger partial charge < -0.3 is 14.7 Å². The van der Waals surface area contributed by atoms with Crippen molar-refractivity contribution in [1.82, 2.24) is 14.9 Å². The van der Waals surface area contributed by atoms with E-state index < -0.39 is 17.7 Å². The van der Waals surface area contributed by atoms with Crippen LogP contribution in [0.2, 0.25) is 5.02 Å². The number of methoxy groups -OCH3 is 1. The van der Waals surface area contributed by atoms with E-state index in [9.17, 15) is 14.7 Å². The molecule has 0 aliphatic carbocycles. The van der Waals surface area contributed by atoms with Crippen LogP contribution in [0.15, 0.2) is 72.7 Å². The lowest BCUT2D eigenvalue weighted by Crippen LogP contribution is -2.29.